The number of esters is 2. The largest absolute Gasteiger partial charge is 0.462 e. The van der Waals surface area contributed by atoms with Gasteiger partial charge in [0.25, 0.3) is 0 Å². The molecule has 68 heavy (non-hydrogen) atoms. The van der Waals surface area contributed by atoms with Crippen LogP contribution in [0.2, 0.25) is 0 Å². The predicted molar refractivity (Wildman–Crippen MR) is 297 cm³/mol. The van der Waals surface area contributed by atoms with Gasteiger partial charge in [0, 0.05) is 12.8 Å². The lowest BCUT2D eigenvalue weighted by molar-refractivity contribution is -0.162. The summed E-state index contributed by atoms with van der Waals surface area (Å²) in [5.41, 5.74) is 0. The van der Waals surface area contributed by atoms with Gasteiger partial charge in [-0.2, -0.15) is 0 Å². The van der Waals surface area contributed by atoms with E-state index in [4.69, 9.17) is 14.2 Å². The lowest BCUT2D eigenvalue weighted by atomic mass is 10.1. The normalized spacial score (nSPS) is 13.8. The molecule has 0 aromatic rings. The molecule has 0 bridgehead atoms. The lowest BCUT2D eigenvalue weighted by Gasteiger charge is -2.18. The standard InChI is InChI=1S/C63H94O5/c1-4-7-10-13-16-19-22-25-28-31-32-34-35-38-41-44-47-50-53-56-62(64)67-60-61(59-66-58-55-52-49-46-43-40-37-30-27-24-21-18-15-12-9-6-3)68-63(65)57-54-51-48-45-42-39-36-33-29-26-23-20-17-14-11-8-5-2/h7-12,16-21,25-30,32,34,36,38-41,43,45,48-49,52,61H,4-6,13-15,22-24,31,33,35,37,42,44,46-47,50-51,53-60H2,1-3H3/b10-7-,11-8-,12-9-,19-16-,20-17-,21-18-,28-25-,29-26-,30-27-,34-32-,39-36-,41-38-,43-40-,48-45-,52-49-. The van der Waals surface area contributed by atoms with Gasteiger partial charge in [-0.05, 0) is 135 Å². The molecule has 5 heteroatoms. The highest BCUT2D eigenvalue weighted by atomic mass is 16.6. The fraction of sp³-hybridized carbons (Fsp3) is 0.492. The first-order valence-electron chi connectivity index (χ1n) is 26.3. The molecule has 5 nitrogen and oxygen atoms in total. The molecular formula is C63H94O5. The van der Waals surface area contributed by atoms with Crippen molar-refractivity contribution in [3.05, 3.63) is 182 Å². The summed E-state index contributed by atoms with van der Waals surface area (Å²) in [6.07, 6.45) is 86.4. The van der Waals surface area contributed by atoms with Crippen LogP contribution in [0.15, 0.2) is 182 Å². The summed E-state index contributed by atoms with van der Waals surface area (Å²) in [7, 11) is 0. The van der Waals surface area contributed by atoms with Gasteiger partial charge in [0.2, 0.25) is 0 Å². The maximum Gasteiger partial charge on any atom is 0.306 e. The van der Waals surface area contributed by atoms with Gasteiger partial charge in [-0.15, -0.1) is 0 Å². The molecule has 0 aliphatic rings. The number of ether oxygens (including phenoxy) is 3. The molecule has 0 fully saturated rings. The zero-order chi connectivity index (χ0) is 49.2. The first-order valence-corrected chi connectivity index (χ1v) is 26.3. The summed E-state index contributed by atoms with van der Waals surface area (Å²) in [6.45, 7) is 7.14. The van der Waals surface area contributed by atoms with Crippen molar-refractivity contribution in [2.24, 2.45) is 0 Å². The fourth-order valence-corrected chi connectivity index (χ4v) is 6.16. The average Bonchev–Trinajstić information content (AvgIpc) is 3.34. The monoisotopic (exact) mass is 931 g/mol. The second kappa shape index (κ2) is 56.3. The molecular weight excluding hydrogens is 837 g/mol. The van der Waals surface area contributed by atoms with Crippen molar-refractivity contribution < 1.29 is 23.8 Å². The van der Waals surface area contributed by atoms with E-state index in [1.54, 1.807) is 0 Å². The van der Waals surface area contributed by atoms with Gasteiger partial charge in [-0.25, -0.2) is 0 Å². The van der Waals surface area contributed by atoms with Gasteiger partial charge in [-0.1, -0.05) is 209 Å². The zero-order valence-electron chi connectivity index (χ0n) is 43.0. The van der Waals surface area contributed by atoms with E-state index >= 15 is 0 Å². The number of hydrogen-bond donors (Lipinski definition) is 0. The van der Waals surface area contributed by atoms with Gasteiger partial charge in [0.15, 0.2) is 6.10 Å². The van der Waals surface area contributed by atoms with Crippen LogP contribution in [0.1, 0.15) is 175 Å². The molecule has 0 amide bonds. The van der Waals surface area contributed by atoms with Crippen LogP contribution >= 0.6 is 0 Å². The van der Waals surface area contributed by atoms with Crippen molar-refractivity contribution in [3.63, 3.8) is 0 Å². The Hall–Kier alpha value is -5.00. The van der Waals surface area contributed by atoms with Gasteiger partial charge >= 0.3 is 11.9 Å². The maximum atomic E-state index is 12.8. The molecule has 0 heterocycles. The molecule has 0 aromatic carbocycles. The van der Waals surface area contributed by atoms with E-state index in [9.17, 15) is 9.59 Å². The quantitative estimate of drug-likeness (QED) is 0.0346. The van der Waals surface area contributed by atoms with Crippen LogP contribution in [0.25, 0.3) is 0 Å². The Morgan fingerprint density at radius 3 is 1.00 bits per heavy atom. The third-order valence-corrected chi connectivity index (χ3v) is 9.94. The van der Waals surface area contributed by atoms with E-state index in [1.165, 1.54) is 0 Å². The van der Waals surface area contributed by atoms with Crippen molar-refractivity contribution >= 4 is 11.9 Å². The average molecular weight is 931 g/mol. The topological polar surface area (TPSA) is 61.8 Å². The number of allylic oxidation sites excluding steroid dienone is 29. The fourth-order valence-electron chi connectivity index (χ4n) is 6.16. The van der Waals surface area contributed by atoms with Gasteiger partial charge in [-0.3, -0.25) is 9.59 Å². The van der Waals surface area contributed by atoms with Crippen molar-refractivity contribution in [2.75, 3.05) is 19.8 Å². The first-order chi connectivity index (χ1) is 33.6. The second-order valence-electron chi connectivity index (χ2n) is 16.3. The summed E-state index contributed by atoms with van der Waals surface area (Å²) >= 11 is 0. The molecule has 0 saturated heterocycles. The minimum Gasteiger partial charge on any atom is -0.462 e. The highest BCUT2D eigenvalue weighted by Gasteiger charge is 2.17. The highest BCUT2D eigenvalue weighted by Crippen LogP contribution is 2.09. The molecule has 1 atom stereocenters. The van der Waals surface area contributed by atoms with E-state index in [-0.39, 0.29) is 25.2 Å². The Kier molecular flexibility index (Phi) is 52.2. The molecule has 0 N–H and O–H groups in total. The van der Waals surface area contributed by atoms with E-state index in [0.29, 0.717) is 25.9 Å². The van der Waals surface area contributed by atoms with E-state index in [0.717, 1.165) is 135 Å². The second-order valence-corrected chi connectivity index (χ2v) is 16.3. The molecule has 0 radical (unpaired) electrons. The number of carbonyl (C=O) groups excluding carboxylic acids is 2. The summed E-state index contributed by atoms with van der Waals surface area (Å²) in [6, 6.07) is 0. The highest BCUT2D eigenvalue weighted by molar-refractivity contribution is 5.70. The van der Waals surface area contributed by atoms with Gasteiger partial charge < -0.3 is 14.2 Å². The van der Waals surface area contributed by atoms with Crippen molar-refractivity contribution in [3.8, 4) is 0 Å². The van der Waals surface area contributed by atoms with Crippen molar-refractivity contribution in [1.29, 1.82) is 0 Å². The minimum atomic E-state index is -0.635. The van der Waals surface area contributed by atoms with Crippen LogP contribution in [0.4, 0.5) is 0 Å². The van der Waals surface area contributed by atoms with E-state index in [2.05, 4.69) is 203 Å². The Morgan fingerprint density at radius 1 is 0.324 bits per heavy atom. The van der Waals surface area contributed by atoms with Crippen LogP contribution in [-0.4, -0.2) is 37.9 Å². The molecule has 0 aromatic heterocycles. The van der Waals surface area contributed by atoms with E-state index < -0.39 is 6.10 Å². The zero-order valence-corrected chi connectivity index (χ0v) is 43.0. The van der Waals surface area contributed by atoms with Crippen LogP contribution < -0.4 is 0 Å². The minimum absolute atomic E-state index is 0.00104. The molecule has 0 aliphatic heterocycles. The summed E-state index contributed by atoms with van der Waals surface area (Å²) in [5.74, 6) is -0.562. The van der Waals surface area contributed by atoms with Crippen LogP contribution in [0.5, 0.6) is 0 Å². The Balaban J connectivity index is 4.59. The van der Waals surface area contributed by atoms with Crippen LogP contribution in [0.3, 0.4) is 0 Å². The van der Waals surface area contributed by atoms with Crippen LogP contribution in [-0.2, 0) is 23.8 Å². The maximum absolute atomic E-state index is 12.8. The SMILES string of the molecule is CC/C=C\C/C=C\C/C=C\C/C=C\C/C=C\CCCCCC(=O)OCC(COCC/C=C\C/C=C\C/C=C\C/C=C\C/C=C\CC)OC(=O)CCC/C=C\C/C=C\C/C=C\C/C=C\C/C=C\CC. The summed E-state index contributed by atoms with van der Waals surface area (Å²) < 4.78 is 17.2. The number of hydrogen-bond acceptors (Lipinski definition) is 5. The van der Waals surface area contributed by atoms with Crippen molar-refractivity contribution in [2.45, 2.75) is 181 Å². The number of unbranched alkanes of at least 4 members (excludes halogenated alkanes) is 4. The Bertz CT molecular complexity index is 1620. The lowest BCUT2D eigenvalue weighted by Crippen LogP contribution is -2.30. The molecule has 0 spiro atoms. The molecule has 1 unspecified atom stereocenters. The van der Waals surface area contributed by atoms with E-state index in [1.807, 2.05) is 0 Å². The Morgan fingerprint density at radius 2 is 0.632 bits per heavy atom. The molecule has 0 rings (SSSR count). The molecule has 376 valence electrons. The summed E-state index contributed by atoms with van der Waals surface area (Å²) in [5, 5.41) is 0. The van der Waals surface area contributed by atoms with Crippen LogP contribution in [0, 0.1) is 0 Å². The summed E-state index contributed by atoms with van der Waals surface area (Å²) in [4.78, 5) is 25.4. The van der Waals surface area contributed by atoms with Gasteiger partial charge in [0.1, 0.15) is 6.61 Å². The molecule has 0 aliphatic carbocycles. The third-order valence-electron chi connectivity index (χ3n) is 9.94. The smallest absolute Gasteiger partial charge is 0.306 e. The first kappa shape index (κ1) is 63.0. The predicted octanol–water partition coefficient (Wildman–Crippen LogP) is 18.2. The Labute approximate surface area is 417 Å². The number of carbonyl (C=O) groups is 2. The number of rotatable bonds is 45. The molecule has 0 saturated carbocycles. The van der Waals surface area contributed by atoms with Gasteiger partial charge in [0.05, 0.1) is 13.2 Å². The van der Waals surface area contributed by atoms with Crippen molar-refractivity contribution in [1.82, 2.24) is 0 Å². The third kappa shape index (κ3) is 53.6.